The van der Waals surface area contributed by atoms with Gasteiger partial charge in [0.2, 0.25) is 0 Å². The second kappa shape index (κ2) is 11.6. The number of rotatable bonds is 8. The average Bonchev–Trinajstić information content (AvgIpc) is 2.88. The van der Waals surface area contributed by atoms with Crippen LogP contribution in [0.1, 0.15) is 29.7 Å². The molecule has 1 aliphatic rings. The van der Waals surface area contributed by atoms with Crippen LogP contribution in [-0.2, 0) is 16.1 Å². The van der Waals surface area contributed by atoms with Crippen molar-refractivity contribution in [1.82, 2.24) is 10.6 Å². The van der Waals surface area contributed by atoms with E-state index in [-0.39, 0.29) is 13.2 Å². The topological polar surface area (TPSA) is 68.8 Å². The lowest BCUT2D eigenvalue weighted by Crippen LogP contribution is -2.45. The number of esters is 1. The van der Waals surface area contributed by atoms with Crippen molar-refractivity contribution in [3.05, 3.63) is 99.0 Å². The summed E-state index contributed by atoms with van der Waals surface area (Å²) in [6.07, 6.45) is 0. The summed E-state index contributed by atoms with van der Waals surface area (Å²) in [4.78, 5) is 13.1. The Balaban J connectivity index is 1.70. The second-order valence-corrected chi connectivity index (χ2v) is 9.09. The zero-order valence-electron chi connectivity index (χ0n) is 19.6. The zero-order valence-corrected chi connectivity index (χ0v) is 22.0. The Morgan fingerprint density at radius 2 is 1.81 bits per heavy atom. The minimum atomic E-state index is -0.568. The van der Waals surface area contributed by atoms with E-state index in [0.717, 1.165) is 16.7 Å². The van der Waals surface area contributed by atoms with E-state index in [9.17, 15) is 4.79 Å². The van der Waals surface area contributed by atoms with Crippen LogP contribution < -0.4 is 20.1 Å². The van der Waals surface area contributed by atoms with Gasteiger partial charge in [0.05, 0.1) is 31.0 Å². The summed E-state index contributed by atoms with van der Waals surface area (Å²) < 4.78 is 17.0. The average molecular weight is 543 g/mol. The summed E-state index contributed by atoms with van der Waals surface area (Å²) >= 11 is 17.7. The summed E-state index contributed by atoms with van der Waals surface area (Å²) in [6.45, 7) is 2.24. The van der Waals surface area contributed by atoms with Gasteiger partial charge in [-0.15, -0.1) is 0 Å². The number of ether oxygens (including phenoxy) is 3. The van der Waals surface area contributed by atoms with Gasteiger partial charge in [-0.25, -0.2) is 4.79 Å². The van der Waals surface area contributed by atoms with Crippen LogP contribution in [0.5, 0.6) is 11.5 Å². The van der Waals surface area contributed by atoms with Gasteiger partial charge in [-0.05, 0) is 54.5 Å². The van der Waals surface area contributed by atoms with Gasteiger partial charge in [0.15, 0.2) is 16.6 Å². The lowest BCUT2D eigenvalue weighted by Gasteiger charge is -2.31. The number of halogens is 2. The molecule has 0 aromatic heterocycles. The van der Waals surface area contributed by atoms with Crippen molar-refractivity contribution in [3.63, 3.8) is 0 Å². The van der Waals surface area contributed by atoms with Gasteiger partial charge in [0.1, 0.15) is 6.61 Å². The van der Waals surface area contributed by atoms with E-state index in [1.54, 1.807) is 32.2 Å². The van der Waals surface area contributed by atoms with Crippen LogP contribution in [0.25, 0.3) is 5.70 Å². The van der Waals surface area contributed by atoms with Crippen molar-refractivity contribution >= 4 is 52.2 Å². The molecule has 36 heavy (non-hydrogen) atoms. The van der Waals surface area contributed by atoms with Gasteiger partial charge in [0, 0.05) is 15.6 Å². The van der Waals surface area contributed by atoms with Gasteiger partial charge in [-0.2, -0.15) is 0 Å². The predicted molar refractivity (Wildman–Crippen MR) is 145 cm³/mol. The highest BCUT2D eigenvalue weighted by Gasteiger charge is 2.33. The van der Waals surface area contributed by atoms with Crippen LogP contribution in [0, 0.1) is 0 Å². The molecule has 0 aliphatic carbocycles. The van der Waals surface area contributed by atoms with Gasteiger partial charge < -0.3 is 24.8 Å². The third-order valence-corrected chi connectivity index (χ3v) is 6.36. The van der Waals surface area contributed by atoms with Crippen LogP contribution in [-0.4, -0.2) is 24.8 Å². The molecule has 6 nitrogen and oxygen atoms in total. The molecule has 0 bridgehead atoms. The van der Waals surface area contributed by atoms with E-state index in [0.29, 0.717) is 37.9 Å². The van der Waals surface area contributed by atoms with E-state index in [4.69, 9.17) is 49.6 Å². The normalized spacial score (nSPS) is 15.1. The van der Waals surface area contributed by atoms with Gasteiger partial charge in [-0.1, -0.05) is 65.7 Å². The fraction of sp³-hybridized carbons (Fsp3) is 0.185. The second-order valence-electron chi connectivity index (χ2n) is 7.84. The molecule has 4 rings (SSSR count). The minimum absolute atomic E-state index is 0.230. The molecule has 0 saturated heterocycles. The highest BCUT2D eigenvalue weighted by molar-refractivity contribution is 7.80. The maximum Gasteiger partial charge on any atom is 0.338 e. The molecule has 0 fully saturated rings. The number of benzene rings is 3. The molecule has 186 valence electrons. The number of carbonyl (C=O) groups is 1. The number of thiocarbonyl (C=S) groups is 1. The molecular weight excluding hydrogens is 519 g/mol. The van der Waals surface area contributed by atoms with Crippen molar-refractivity contribution in [2.24, 2.45) is 0 Å². The number of nitrogens with one attached hydrogen (secondary N) is 2. The van der Waals surface area contributed by atoms with Crippen molar-refractivity contribution in [2.45, 2.75) is 19.6 Å². The molecule has 1 heterocycles. The van der Waals surface area contributed by atoms with Crippen molar-refractivity contribution in [1.29, 1.82) is 0 Å². The summed E-state index contributed by atoms with van der Waals surface area (Å²) in [6, 6.07) is 19.6. The Hall–Kier alpha value is -3.26. The molecule has 0 amide bonds. The number of hydrogen-bond acceptors (Lipinski definition) is 5. The Morgan fingerprint density at radius 1 is 1.03 bits per heavy atom. The summed E-state index contributed by atoms with van der Waals surface area (Å²) in [5.41, 5.74) is 3.38. The first-order chi connectivity index (χ1) is 17.4. The van der Waals surface area contributed by atoms with Crippen LogP contribution in [0.4, 0.5) is 0 Å². The Morgan fingerprint density at radius 3 is 2.50 bits per heavy atom. The maximum absolute atomic E-state index is 13.1. The van der Waals surface area contributed by atoms with Gasteiger partial charge >= 0.3 is 5.97 Å². The number of methoxy groups -OCH3 is 1. The molecule has 9 heteroatoms. The van der Waals surface area contributed by atoms with Crippen molar-refractivity contribution in [3.8, 4) is 11.5 Å². The molecule has 3 aromatic rings. The molecule has 2 N–H and O–H groups in total. The highest BCUT2D eigenvalue weighted by atomic mass is 35.5. The Bertz CT molecular complexity index is 1310. The smallest absolute Gasteiger partial charge is 0.338 e. The summed E-state index contributed by atoms with van der Waals surface area (Å²) in [5.74, 6) is 0.572. The Kier molecular flexibility index (Phi) is 8.36. The third kappa shape index (κ3) is 5.75. The third-order valence-electron chi connectivity index (χ3n) is 5.55. The fourth-order valence-corrected chi connectivity index (χ4v) is 4.54. The zero-order chi connectivity index (χ0) is 25.7. The first-order valence-corrected chi connectivity index (χ1v) is 12.4. The van der Waals surface area contributed by atoms with E-state index in [1.807, 2.05) is 48.5 Å². The van der Waals surface area contributed by atoms with Gasteiger partial charge in [-0.3, -0.25) is 0 Å². The van der Waals surface area contributed by atoms with Crippen LogP contribution in [0.2, 0.25) is 10.0 Å². The lowest BCUT2D eigenvalue weighted by atomic mass is 9.92. The minimum Gasteiger partial charge on any atom is -0.493 e. The number of hydrogen-bond donors (Lipinski definition) is 2. The largest absolute Gasteiger partial charge is 0.493 e. The Labute approximate surface area is 225 Å². The lowest BCUT2D eigenvalue weighted by molar-refractivity contribution is -0.138. The number of carbonyl (C=O) groups excluding carboxylic acids is 1. The van der Waals surface area contributed by atoms with Crippen LogP contribution >= 0.6 is 35.4 Å². The van der Waals surface area contributed by atoms with Crippen LogP contribution in [0.3, 0.4) is 0 Å². The molecule has 1 atom stereocenters. The summed E-state index contributed by atoms with van der Waals surface area (Å²) in [5, 5.41) is 7.79. The first kappa shape index (κ1) is 25.8. The summed E-state index contributed by atoms with van der Waals surface area (Å²) in [7, 11) is 1.55. The van der Waals surface area contributed by atoms with Crippen LogP contribution in [0.15, 0.2) is 72.3 Å². The van der Waals surface area contributed by atoms with E-state index in [1.165, 1.54) is 0 Å². The molecule has 0 saturated carbocycles. The SMILES string of the molecule is CCOC(=O)C1=C(c2ccccc2)NC(=S)N[C@H]1c1ccc(OCc2ccc(Cl)cc2Cl)c(OC)c1. The maximum atomic E-state index is 13.1. The van der Waals surface area contributed by atoms with Crippen molar-refractivity contribution in [2.75, 3.05) is 13.7 Å². The molecular formula is C27H24Cl2N2O4S. The van der Waals surface area contributed by atoms with E-state index in [2.05, 4.69) is 10.6 Å². The monoisotopic (exact) mass is 542 g/mol. The molecule has 0 unspecified atom stereocenters. The standard InChI is InChI=1S/C27H24Cl2N2O4S/c1-3-34-26(32)23-24(16-7-5-4-6-8-16)30-27(36)31-25(23)17-10-12-21(22(13-17)33-2)35-15-18-9-11-19(28)14-20(18)29/h4-14,25H,3,15H2,1-2H3,(H2,30,31,36)/t25-/m0/s1. The quantitative estimate of drug-likeness (QED) is 0.264. The molecule has 3 aromatic carbocycles. The predicted octanol–water partition coefficient (Wildman–Crippen LogP) is 6.07. The van der Waals surface area contributed by atoms with E-state index >= 15 is 0 Å². The first-order valence-electron chi connectivity index (χ1n) is 11.2. The van der Waals surface area contributed by atoms with Crippen molar-refractivity contribution < 1.29 is 19.0 Å². The molecule has 1 aliphatic heterocycles. The molecule has 0 spiro atoms. The fourth-order valence-electron chi connectivity index (χ4n) is 3.85. The van der Waals surface area contributed by atoms with E-state index < -0.39 is 12.0 Å². The highest BCUT2D eigenvalue weighted by Crippen LogP contribution is 2.37. The molecule has 0 radical (unpaired) electrons. The van der Waals surface area contributed by atoms with Gasteiger partial charge in [0.25, 0.3) is 0 Å².